The van der Waals surface area contributed by atoms with Gasteiger partial charge in [-0.1, -0.05) is 13.0 Å². The number of amides is 2. The van der Waals surface area contributed by atoms with Crippen molar-refractivity contribution < 1.29 is 23.5 Å². The summed E-state index contributed by atoms with van der Waals surface area (Å²) >= 11 is 0. The van der Waals surface area contributed by atoms with E-state index in [1.165, 1.54) is 24.4 Å². The van der Waals surface area contributed by atoms with Gasteiger partial charge in [0.2, 0.25) is 5.91 Å². The van der Waals surface area contributed by atoms with Crippen molar-refractivity contribution in [1.29, 1.82) is 0 Å². The van der Waals surface area contributed by atoms with Gasteiger partial charge in [-0.15, -0.1) is 0 Å². The fourth-order valence-corrected chi connectivity index (χ4v) is 5.38. The molecular weight excluding hydrogens is 591 g/mol. The maximum absolute atomic E-state index is 13.7. The molecule has 1 saturated heterocycles. The lowest BCUT2D eigenvalue weighted by Crippen LogP contribution is -2.19. The first-order valence-electron chi connectivity index (χ1n) is 14.9. The Morgan fingerprint density at radius 2 is 1.93 bits per heavy atom. The van der Waals surface area contributed by atoms with Crippen LogP contribution in [0, 0.1) is 5.82 Å². The van der Waals surface area contributed by atoms with Crippen LogP contribution in [0.25, 0.3) is 33.5 Å². The van der Waals surface area contributed by atoms with Crippen molar-refractivity contribution >= 4 is 45.1 Å². The van der Waals surface area contributed by atoms with E-state index in [9.17, 15) is 14.0 Å². The molecule has 1 aliphatic rings. The molecular formula is C33H29FN8O4. The van der Waals surface area contributed by atoms with Gasteiger partial charge in [-0.25, -0.2) is 14.1 Å². The minimum absolute atomic E-state index is 0.125. The Balaban J connectivity index is 1.27. The molecule has 2 amide bonds. The van der Waals surface area contributed by atoms with Crippen LogP contribution in [0.3, 0.4) is 0 Å². The highest BCUT2D eigenvalue weighted by Crippen LogP contribution is 2.36. The number of hydrogen-bond acceptors (Lipinski definition) is 8. The molecule has 1 atom stereocenters. The molecule has 12 nitrogen and oxygen atoms in total. The Hall–Kier alpha value is -5.69. The average Bonchev–Trinajstić information content (AvgIpc) is 3.67. The normalized spacial score (nSPS) is 14.8. The quantitative estimate of drug-likeness (QED) is 0.172. The molecule has 7 rings (SSSR count). The number of fused-ring (bicyclic) bond motifs is 2. The second-order valence-electron chi connectivity index (χ2n) is 10.8. The number of imidazole rings is 1. The first kappa shape index (κ1) is 29.0. The van der Waals surface area contributed by atoms with Crippen molar-refractivity contribution in [3.63, 3.8) is 0 Å². The summed E-state index contributed by atoms with van der Waals surface area (Å²) < 4.78 is 27.9. The summed E-state index contributed by atoms with van der Waals surface area (Å²) in [5.74, 6) is 0.306. The smallest absolute Gasteiger partial charge is 0.255 e. The van der Waals surface area contributed by atoms with Crippen LogP contribution < -0.4 is 15.4 Å². The monoisotopic (exact) mass is 620 g/mol. The van der Waals surface area contributed by atoms with E-state index in [2.05, 4.69) is 25.6 Å². The highest BCUT2D eigenvalue weighted by Gasteiger charge is 2.24. The number of carbonyl (C=O) groups is 2. The van der Waals surface area contributed by atoms with E-state index < -0.39 is 11.7 Å². The van der Waals surface area contributed by atoms with Crippen molar-refractivity contribution in [3.05, 3.63) is 84.7 Å². The Labute approximate surface area is 262 Å². The summed E-state index contributed by atoms with van der Waals surface area (Å²) in [6.45, 7) is 2.42. The first-order chi connectivity index (χ1) is 22.4. The fourth-order valence-electron chi connectivity index (χ4n) is 5.38. The highest BCUT2D eigenvalue weighted by molar-refractivity contribution is 6.08. The molecule has 5 heterocycles. The molecule has 6 aromatic rings. The third-order valence-corrected chi connectivity index (χ3v) is 7.61. The number of anilines is 2. The molecule has 0 radical (unpaired) electrons. The summed E-state index contributed by atoms with van der Waals surface area (Å²) in [6, 6.07) is 12.8. The molecule has 4 aromatic heterocycles. The topological polar surface area (TPSA) is 149 Å². The number of halogens is 1. The summed E-state index contributed by atoms with van der Waals surface area (Å²) in [5.41, 5.74) is 3.49. The Kier molecular flexibility index (Phi) is 7.81. The van der Waals surface area contributed by atoms with Crippen LogP contribution in [-0.4, -0.2) is 48.1 Å². The van der Waals surface area contributed by atoms with E-state index in [-0.39, 0.29) is 17.7 Å². The van der Waals surface area contributed by atoms with Gasteiger partial charge < -0.3 is 25.1 Å². The number of nitrogens with one attached hydrogen (secondary N) is 3. The van der Waals surface area contributed by atoms with E-state index in [4.69, 9.17) is 19.6 Å². The van der Waals surface area contributed by atoms with Crippen LogP contribution in [0.2, 0.25) is 0 Å². The lowest BCUT2D eigenvalue weighted by atomic mass is 10.1. The number of nitrogens with zero attached hydrogens (tertiary/aromatic N) is 5. The Morgan fingerprint density at radius 1 is 1.04 bits per heavy atom. The standard InChI is InChI=1S/C33H29FN8O4/c1-2-28(43)37-21-13-23(16-35-15-21)46-22-9-10-27-24(14-22)30(41-42(27)29-8-3-4-11-45-29)32-38-25-17-36-18-26(31(25)40-32)39-33(44)19-6-5-7-20(34)12-19/h5-7,9-10,12-18,29H,2-4,8,11H2,1H3,(H,37,43)(H,38,40)(H,39,44). The number of rotatable bonds is 8. The lowest BCUT2D eigenvalue weighted by Gasteiger charge is -2.23. The van der Waals surface area contributed by atoms with Crippen LogP contribution in [0.5, 0.6) is 11.5 Å². The molecule has 0 aliphatic carbocycles. The molecule has 2 aromatic carbocycles. The molecule has 1 aliphatic heterocycles. The molecule has 1 unspecified atom stereocenters. The van der Waals surface area contributed by atoms with Crippen molar-refractivity contribution in [2.24, 2.45) is 0 Å². The minimum atomic E-state index is -0.508. The lowest BCUT2D eigenvalue weighted by molar-refractivity contribution is -0.115. The van der Waals surface area contributed by atoms with Gasteiger partial charge >= 0.3 is 0 Å². The van der Waals surface area contributed by atoms with Crippen LogP contribution in [0.4, 0.5) is 15.8 Å². The van der Waals surface area contributed by atoms with Gasteiger partial charge in [0, 0.05) is 30.0 Å². The van der Waals surface area contributed by atoms with Gasteiger partial charge in [-0.05, 0) is 55.7 Å². The number of H-pyrrole nitrogens is 1. The molecule has 13 heteroatoms. The molecule has 0 saturated carbocycles. The van der Waals surface area contributed by atoms with Gasteiger partial charge in [0.1, 0.15) is 28.5 Å². The maximum atomic E-state index is 13.7. The van der Waals surface area contributed by atoms with Crippen molar-refractivity contribution in [2.45, 2.75) is 38.8 Å². The zero-order valence-corrected chi connectivity index (χ0v) is 24.8. The number of benzene rings is 2. The van der Waals surface area contributed by atoms with E-state index in [0.717, 1.165) is 36.2 Å². The molecule has 0 spiro atoms. The Morgan fingerprint density at radius 3 is 2.76 bits per heavy atom. The van der Waals surface area contributed by atoms with Gasteiger partial charge in [-0.2, -0.15) is 5.10 Å². The zero-order valence-electron chi connectivity index (χ0n) is 24.8. The van der Waals surface area contributed by atoms with Crippen molar-refractivity contribution in [1.82, 2.24) is 29.7 Å². The van der Waals surface area contributed by atoms with E-state index >= 15 is 0 Å². The highest BCUT2D eigenvalue weighted by atomic mass is 19.1. The average molecular weight is 621 g/mol. The maximum Gasteiger partial charge on any atom is 0.255 e. The molecule has 46 heavy (non-hydrogen) atoms. The molecule has 3 N–H and O–H groups in total. The van der Waals surface area contributed by atoms with E-state index in [0.29, 0.717) is 58.5 Å². The molecule has 1 fully saturated rings. The first-order valence-corrected chi connectivity index (χ1v) is 14.9. The number of pyridine rings is 2. The summed E-state index contributed by atoms with van der Waals surface area (Å²) in [5, 5.41) is 11.3. The van der Waals surface area contributed by atoms with Crippen molar-refractivity contribution in [2.75, 3.05) is 17.2 Å². The van der Waals surface area contributed by atoms with Crippen molar-refractivity contribution in [3.8, 4) is 23.0 Å². The fraction of sp³-hybridized carbons (Fsp3) is 0.212. The number of carbonyl (C=O) groups excluding carboxylic acids is 2. The van der Waals surface area contributed by atoms with Gasteiger partial charge in [0.05, 0.1) is 47.2 Å². The van der Waals surface area contributed by atoms with E-state index in [1.54, 1.807) is 31.6 Å². The number of ether oxygens (including phenoxy) is 2. The number of aromatic amines is 1. The minimum Gasteiger partial charge on any atom is -0.456 e. The second-order valence-corrected chi connectivity index (χ2v) is 10.8. The van der Waals surface area contributed by atoms with Crippen LogP contribution in [0.1, 0.15) is 49.2 Å². The van der Waals surface area contributed by atoms with Gasteiger partial charge in [0.15, 0.2) is 12.1 Å². The van der Waals surface area contributed by atoms with Crippen LogP contribution in [0.15, 0.2) is 73.3 Å². The summed E-state index contributed by atoms with van der Waals surface area (Å²) in [7, 11) is 0. The predicted molar refractivity (Wildman–Crippen MR) is 169 cm³/mol. The van der Waals surface area contributed by atoms with E-state index in [1.807, 2.05) is 22.9 Å². The third kappa shape index (κ3) is 5.87. The largest absolute Gasteiger partial charge is 0.456 e. The molecule has 0 bridgehead atoms. The second kappa shape index (κ2) is 12.4. The number of aromatic nitrogens is 6. The van der Waals surface area contributed by atoms with Gasteiger partial charge in [0.25, 0.3) is 5.91 Å². The summed E-state index contributed by atoms with van der Waals surface area (Å²) in [6.07, 6.45) is 9.16. The Bertz CT molecular complexity index is 2090. The predicted octanol–water partition coefficient (Wildman–Crippen LogP) is 6.60. The zero-order chi connectivity index (χ0) is 31.6. The number of hydrogen-bond donors (Lipinski definition) is 3. The molecule has 232 valence electrons. The van der Waals surface area contributed by atoms with Crippen LogP contribution in [-0.2, 0) is 9.53 Å². The third-order valence-electron chi connectivity index (χ3n) is 7.61. The van der Waals surface area contributed by atoms with Gasteiger partial charge in [-0.3, -0.25) is 19.6 Å². The van der Waals surface area contributed by atoms with Crippen LogP contribution >= 0.6 is 0 Å². The summed E-state index contributed by atoms with van der Waals surface area (Å²) in [4.78, 5) is 41.3. The SMILES string of the molecule is CCC(=O)Nc1cncc(Oc2ccc3c(c2)c(-c2nc4c(NC(=O)c5cccc(F)c5)cncc4[nH]2)nn3C2CCCCO2)c1.